The molecule has 0 aliphatic rings. The lowest BCUT2D eigenvalue weighted by Crippen LogP contribution is -2.31. The van der Waals surface area contributed by atoms with Gasteiger partial charge in [0.15, 0.2) is 6.10 Å². The van der Waals surface area contributed by atoms with Crippen LogP contribution in [0.3, 0.4) is 0 Å². The van der Waals surface area contributed by atoms with E-state index in [0.717, 1.165) is 33.3 Å². The smallest absolute Gasteiger partial charge is 0.311 e. The van der Waals surface area contributed by atoms with E-state index in [1.807, 2.05) is 62.4 Å². The number of nitrogens with one attached hydrogen (secondary N) is 1. The van der Waals surface area contributed by atoms with E-state index in [9.17, 15) is 9.59 Å². The van der Waals surface area contributed by atoms with Crippen LogP contribution in [0.2, 0.25) is 0 Å². The first kappa shape index (κ1) is 18.6. The molecule has 0 radical (unpaired) electrons. The van der Waals surface area contributed by atoms with Crippen molar-refractivity contribution in [3.05, 3.63) is 71.4 Å². The predicted molar refractivity (Wildman–Crippen MR) is 106 cm³/mol. The molecule has 1 heterocycles. The fraction of sp³-hybridized carbons (Fsp3) is 0.227. The number of rotatable bonds is 5. The monoisotopic (exact) mass is 362 g/mol. The van der Waals surface area contributed by atoms with E-state index in [4.69, 9.17) is 4.74 Å². The first-order valence-corrected chi connectivity index (χ1v) is 8.85. The summed E-state index contributed by atoms with van der Waals surface area (Å²) in [6.45, 7) is 5.42. The number of pyridine rings is 1. The van der Waals surface area contributed by atoms with E-state index in [0.29, 0.717) is 0 Å². The molecule has 0 bridgehead atoms. The van der Waals surface area contributed by atoms with Crippen molar-refractivity contribution >= 4 is 28.5 Å². The molecular weight excluding hydrogens is 340 g/mol. The van der Waals surface area contributed by atoms with Gasteiger partial charge < -0.3 is 10.1 Å². The molecular formula is C22H22N2O3. The third-order valence-corrected chi connectivity index (χ3v) is 4.46. The Morgan fingerprint density at radius 1 is 1.04 bits per heavy atom. The summed E-state index contributed by atoms with van der Waals surface area (Å²) in [5, 5.41) is 3.81. The summed E-state index contributed by atoms with van der Waals surface area (Å²) in [4.78, 5) is 29.1. The fourth-order valence-electron chi connectivity index (χ4n) is 2.99. The molecule has 0 spiro atoms. The van der Waals surface area contributed by atoms with Gasteiger partial charge in [0.1, 0.15) is 0 Å². The average molecular weight is 362 g/mol. The number of hydrogen-bond acceptors (Lipinski definition) is 4. The third-order valence-electron chi connectivity index (χ3n) is 4.46. The fourth-order valence-corrected chi connectivity index (χ4v) is 2.99. The van der Waals surface area contributed by atoms with Gasteiger partial charge in [0.25, 0.3) is 5.91 Å². The van der Waals surface area contributed by atoms with Crippen LogP contribution in [-0.4, -0.2) is 23.0 Å². The van der Waals surface area contributed by atoms with Crippen molar-refractivity contribution in [2.45, 2.75) is 33.3 Å². The molecule has 27 heavy (non-hydrogen) atoms. The van der Waals surface area contributed by atoms with Gasteiger partial charge in [-0.2, -0.15) is 0 Å². The molecule has 1 amide bonds. The van der Waals surface area contributed by atoms with Crippen LogP contribution in [0.25, 0.3) is 10.9 Å². The van der Waals surface area contributed by atoms with Gasteiger partial charge in [-0.3, -0.25) is 14.6 Å². The predicted octanol–water partition coefficient (Wildman–Crippen LogP) is 3.96. The molecule has 0 aliphatic heterocycles. The minimum atomic E-state index is -0.889. The number of esters is 1. The Morgan fingerprint density at radius 2 is 1.70 bits per heavy atom. The number of hydrogen-bond donors (Lipinski definition) is 1. The Morgan fingerprint density at radius 3 is 2.44 bits per heavy atom. The number of benzene rings is 2. The number of carbonyl (C=O) groups excluding carboxylic acids is 2. The van der Waals surface area contributed by atoms with Crippen molar-refractivity contribution in [1.82, 2.24) is 4.98 Å². The molecule has 0 aliphatic carbocycles. The molecule has 2 aromatic carbocycles. The van der Waals surface area contributed by atoms with Gasteiger partial charge in [-0.15, -0.1) is 0 Å². The van der Waals surface area contributed by atoms with Crippen molar-refractivity contribution in [3.8, 4) is 0 Å². The zero-order chi connectivity index (χ0) is 19.4. The van der Waals surface area contributed by atoms with Gasteiger partial charge in [-0.25, -0.2) is 0 Å². The Labute approximate surface area is 158 Å². The van der Waals surface area contributed by atoms with Gasteiger partial charge in [-0.05, 0) is 43.5 Å². The van der Waals surface area contributed by atoms with Crippen LogP contribution in [0, 0.1) is 13.8 Å². The van der Waals surface area contributed by atoms with E-state index >= 15 is 0 Å². The molecule has 0 saturated carbocycles. The first-order chi connectivity index (χ1) is 13.0. The van der Waals surface area contributed by atoms with Crippen LogP contribution < -0.4 is 5.32 Å². The summed E-state index contributed by atoms with van der Waals surface area (Å²) >= 11 is 0. The summed E-state index contributed by atoms with van der Waals surface area (Å²) in [5.41, 5.74) is 4.22. The quantitative estimate of drug-likeness (QED) is 0.698. The van der Waals surface area contributed by atoms with Crippen molar-refractivity contribution in [1.29, 1.82) is 0 Å². The molecule has 0 fully saturated rings. The van der Waals surface area contributed by atoms with E-state index in [-0.39, 0.29) is 12.3 Å². The molecule has 5 heteroatoms. The lowest BCUT2D eigenvalue weighted by atomic mass is 10.1. The molecule has 138 valence electrons. The average Bonchev–Trinajstić information content (AvgIpc) is 2.65. The number of nitrogens with zero attached hydrogens (tertiary/aromatic N) is 1. The zero-order valence-electron chi connectivity index (χ0n) is 15.7. The highest BCUT2D eigenvalue weighted by Gasteiger charge is 2.20. The largest absolute Gasteiger partial charge is 0.452 e. The van der Waals surface area contributed by atoms with Crippen molar-refractivity contribution in [3.63, 3.8) is 0 Å². The first-order valence-electron chi connectivity index (χ1n) is 8.85. The normalized spacial score (nSPS) is 11.8. The van der Waals surface area contributed by atoms with Crippen molar-refractivity contribution < 1.29 is 14.3 Å². The topological polar surface area (TPSA) is 68.3 Å². The van der Waals surface area contributed by atoms with Crippen LogP contribution >= 0.6 is 0 Å². The SMILES string of the molecule is Cc1cccc(C)c1NC(=O)C(C)OC(=O)Cc1cccc2cccnc12. The lowest BCUT2D eigenvalue weighted by Gasteiger charge is -2.16. The Kier molecular flexibility index (Phi) is 5.50. The molecule has 0 saturated heterocycles. The summed E-state index contributed by atoms with van der Waals surface area (Å²) in [5.74, 6) is -0.811. The highest BCUT2D eigenvalue weighted by atomic mass is 16.5. The summed E-state index contributed by atoms with van der Waals surface area (Å²) in [7, 11) is 0. The van der Waals surface area contributed by atoms with E-state index in [1.54, 1.807) is 13.1 Å². The zero-order valence-corrected chi connectivity index (χ0v) is 15.7. The Balaban J connectivity index is 1.66. The second-order valence-corrected chi connectivity index (χ2v) is 6.56. The number of fused-ring (bicyclic) bond motifs is 1. The summed E-state index contributed by atoms with van der Waals surface area (Å²) in [6.07, 6.45) is 0.868. The number of ether oxygens (including phenoxy) is 1. The van der Waals surface area contributed by atoms with E-state index < -0.39 is 12.1 Å². The van der Waals surface area contributed by atoms with E-state index in [1.165, 1.54) is 0 Å². The highest BCUT2D eigenvalue weighted by molar-refractivity contribution is 5.96. The van der Waals surface area contributed by atoms with Gasteiger partial charge in [0.2, 0.25) is 0 Å². The molecule has 1 N–H and O–H groups in total. The number of aryl methyl sites for hydroxylation is 2. The molecule has 1 atom stereocenters. The van der Waals surface area contributed by atoms with Crippen LogP contribution in [0.15, 0.2) is 54.7 Å². The maximum atomic E-state index is 12.4. The minimum absolute atomic E-state index is 0.0648. The molecule has 1 aromatic heterocycles. The van der Waals surface area contributed by atoms with Crippen molar-refractivity contribution in [2.24, 2.45) is 0 Å². The molecule has 1 unspecified atom stereocenters. The molecule has 5 nitrogen and oxygen atoms in total. The number of carbonyl (C=O) groups is 2. The van der Waals surface area contributed by atoms with Crippen molar-refractivity contribution in [2.75, 3.05) is 5.32 Å². The van der Waals surface area contributed by atoms with Gasteiger partial charge in [-0.1, -0.05) is 42.5 Å². The second-order valence-electron chi connectivity index (χ2n) is 6.56. The minimum Gasteiger partial charge on any atom is -0.452 e. The third kappa shape index (κ3) is 4.31. The molecule has 3 rings (SSSR count). The molecule has 3 aromatic rings. The maximum absolute atomic E-state index is 12.4. The van der Waals surface area contributed by atoms with Gasteiger partial charge in [0, 0.05) is 17.3 Å². The summed E-state index contributed by atoms with van der Waals surface area (Å²) < 4.78 is 5.34. The number of aromatic nitrogens is 1. The van der Waals surface area contributed by atoms with Gasteiger partial charge >= 0.3 is 5.97 Å². The standard InChI is InChI=1S/C22H22N2O3/c1-14-7-4-8-15(2)20(14)24-22(26)16(3)27-19(25)13-18-10-5-9-17-11-6-12-23-21(17)18/h4-12,16H,13H2,1-3H3,(H,24,26). The van der Waals surface area contributed by atoms with Crippen LogP contribution in [0.4, 0.5) is 5.69 Å². The number of para-hydroxylation sites is 2. The van der Waals surface area contributed by atoms with Crippen LogP contribution in [0.1, 0.15) is 23.6 Å². The van der Waals surface area contributed by atoms with E-state index in [2.05, 4.69) is 10.3 Å². The van der Waals surface area contributed by atoms with Crippen LogP contribution in [0.5, 0.6) is 0 Å². The van der Waals surface area contributed by atoms with Crippen LogP contribution in [-0.2, 0) is 20.7 Å². The summed E-state index contributed by atoms with van der Waals surface area (Å²) in [6, 6.07) is 15.2. The number of amides is 1. The Bertz CT molecular complexity index is 972. The highest BCUT2D eigenvalue weighted by Crippen LogP contribution is 2.20. The number of anilines is 1. The van der Waals surface area contributed by atoms with Gasteiger partial charge in [0.05, 0.1) is 11.9 Å². The second kappa shape index (κ2) is 7.99. The lowest BCUT2D eigenvalue weighted by molar-refractivity contribution is -0.152. The maximum Gasteiger partial charge on any atom is 0.311 e. The Hall–Kier alpha value is -3.21.